The second-order valence-corrected chi connectivity index (χ2v) is 2.98. The minimum absolute atomic E-state index is 0.103. The van der Waals surface area contributed by atoms with Gasteiger partial charge in [-0.25, -0.2) is 0 Å². The average Bonchev–Trinajstić information content (AvgIpc) is 2.46. The Balaban J connectivity index is 2.35. The number of amidine groups is 1. The van der Waals surface area contributed by atoms with Crippen LogP contribution in [0.25, 0.3) is 0 Å². The van der Waals surface area contributed by atoms with Gasteiger partial charge in [0.15, 0.2) is 0 Å². The summed E-state index contributed by atoms with van der Waals surface area (Å²) in [6.07, 6.45) is -1.05. The van der Waals surface area contributed by atoms with Gasteiger partial charge in [0.25, 0.3) is 0 Å². The lowest BCUT2D eigenvalue weighted by atomic mass is 9.94. The lowest BCUT2D eigenvalue weighted by Gasteiger charge is -2.15. The van der Waals surface area contributed by atoms with E-state index in [4.69, 9.17) is 5.73 Å². The van der Waals surface area contributed by atoms with Gasteiger partial charge >= 0.3 is 6.18 Å². The van der Waals surface area contributed by atoms with Crippen LogP contribution in [0.2, 0.25) is 0 Å². The second-order valence-electron chi connectivity index (χ2n) is 2.98. The number of halogens is 3. The minimum atomic E-state index is -4.34. The number of hydrogen-bond donors (Lipinski definition) is 1. The molecule has 2 aliphatic rings. The van der Waals surface area contributed by atoms with Gasteiger partial charge in [0.2, 0.25) is 0 Å². The van der Waals surface area contributed by atoms with Crippen LogP contribution in [0, 0.1) is 5.92 Å². The highest BCUT2D eigenvalue weighted by atomic mass is 19.4. The smallest absolute Gasteiger partial charge is 0.385 e. The zero-order chi connectivity index (χ0) is 10.3. The first-order chi connectivity index (χ1) is 6.48. The molecule has 0 fully saturated rings. The Hall–Kier alpha value is -1.59. The van der Waals surface area contributed by atoms with Crippen molar-refractivity contribution in [1.82, 2.24) is 0 Å². The maximum Gasteiger partial charge on any atom is 0.416 e. The van der Waals surface area contributed by atoms with Gasteiger partial charge in [-0.05, 0) is 12.2 Å². The van der Waals surface area contributed by atoms with Gasteiger partial charge in [0.05, 0.1) is 17.2 Å². The fourth-order valence-electron chi connectivity index (χ4n) is 1.30. The number of nitrogens with two attached hydrogens (primary N) is 1. The Bertz CT molecular complexity index is 387. The molecule has 0 aromatic carbocycles. The van der Waals surface area contributed by atoms with Crippen molar-refractivity contribution < 1.29 is 13.2 Å². The topological polar surface area (TPSA) is 50.7 Å². The molecule has 0 spiro atoms. The normalized spacial score (nSPS) is 25.4. The molecule has 0 aromatic rings. The van der Waals surface area contributed by atoms with E-state index in [9.17, 15) is 13.2 Å². The summed E-state index contributed by atoms with van der Waals surface area (Å²) in [7, 11) is 0. The van der Waals surface area contributed by atoms with E-state index < -0.39 is 17.7 Å². The molecule has 14 heavy (non-hydrogen) atoms. The van der Waals surface area contributed by atoms with Gasteiger partial charge in [-0.1, -0.05) is 6.08 Å². The standard InChI is InChI=1S/C8H6F3N3/c9-8(10,11)4-1-2-6-5(3-4)7(12)14-13-6/h1-3,5H,(H2,12,14). The molecule has 2 rings (SSSR count). The second kappa shape index (κ2) is 2.70. The molecule has 74 valence electrons. The molecule has 0 saturated carbocycles. The summed E-state index contributed by atoms with van der Waals surface area (Å²) < 4.78 is 36.9. The van der Waals surface area contributed by atoms with Crippen LogP contribution >= 0.6 is 0 Å². The number of allylic oxidation sites excluding steroid dienone is 3. The fraction of sp³-hybridized carbons (Fsp3) is 0.250. The van der Waals surface area contributed by atoms with Crippen LogP contribution in [0.15, 0.2) is 34.0 Å². The molecule has 0 aromatic heterocycles. The highest BCUT2D eigenvalue weighted by Gasteiger charge is 2.36. The molecular weight excluding hydrogens is 195 g/mol. The summed E-state index contributed by atoms with van der Waals surface area (Å²) in [5, 5.41) is 7.15. The molecule has 1 aliphatic heterocycles. The van der Waals surface area contributed by atoms with Crippen LogP contribution in [-0.2, 0) is 0 Å². The number of nitrogens with zero attached hydrogens (tertiary/aromatic N) is 2. The number of fused-ring (bicyclic) bond motifs is 1. The molecule has 3 nitrogen and oxygen atoms in total. The van der Waals surface area contributed by atoms with Crippen LogP contribution in [0.1, 0.15) is 0 Å². The van der Waals surface area contributed by atoms with Crippen LogP contribution in [0.5, 0.6) is 0 Å². The highest BCUT2D eigenvalue weighted by molar-refractivity contribution is 6.16. The summed E-state index contributed by atoms with van der Waals surface area (Å²) in [5.41, 5.74) is 5.13. The SMILES string of the molecule is NC1=NN=C2C=CC(C(F)(F)F)=CC12. The van der Waals surface area contributed by atoms with Crippen molar-refractivity contribution in [3.63, 3.8) is 0 Å². The Kier molecular flexibility index (Phi) is 1.73. The Morgan fingerprint density at radius 1 is 1.21 bits per heavy atom. The highest BCUT2D eigenvalue weighted by Crippen LogP contribution is 2.31. The van der Waals surface area contributed by atoms with E-state index in [0.717, 1.165) is 12.2 Å². The van der Waals surface area contributed by atoms with Gasteiger partial charge in [-0.3, -0.25) is 0 Å². The molecule has 1 heterocycles. The third-order valence-corrected chi connectivity index (χ3v) is 2.03. The zero-order valence-electron chi connectivity index (χ0n) is 6.92. The third kappa shape index (κ3) is 1.32. The van der Waals surface area contributed by atoms with Crippen LogP contribution in [0.3, 0.4) is 0 Å². The van der Waals surface area contributed by atoms with Crippen LogP contribution in [0.4, 0.5) is 13.2 Å². The predicted octanol–water partition coefficient (Wildman–Crippen LogP) is 1.39. The van der Waals surface area contributed by atoms with Crippen molar-refractivity contribution in [3.8, 4) is 0 Å². The predicted molar refractivity (Wildman–Crippen MR) is 45.8 cm³/mol. The molecule has 1 aliphatic carbocycles. The summed E-state index contributed by atoms with van der Waals surface area (Å²) >= 11 is 0. The van der Waals surface area contributed by atoms with Crippen LogP contribution < -0.4 is 5.73 Å². The third-order valence-electron chi connectivity index (χ3n) is 2.03. The monoisotopic (exact) mass is 201 g/mol. The zero-order valence-corrected chi connectivity index (χ0v) is 6.92. The van der Waals surface area contributed by atoms with Gasteiger partial charge < -0.3 is 5.73 Å². The Morgan fingerprint density at radius 3 is 2.57 bits per heavy atom. The Morgan fingerprint density at radius 2 is 1.93 bits per heavy atom. The molecule has 0 radical (unpaired) electrons. The molecule has 1 unspecified atom stereocenters. The summed E-state index contributed by atoms with van der Waals surface area (Å²) in [4.78, 5) is 0. The molecular formula is C8H6F3N3. The van der Waals surface area contributed by atoms with E-state index in [1.807, 2.05) is 0 Å². The first-order valence-electron chi connectivity index (χ1n) is 3.86. The largest absolute Gasteiger partial charge is 0.416 e. The number of alkyl halides is 3. The van der Waals surface area contributed by atoms with E-state index in [0.29, 0.717) is 5.71 Å². The van der Waals surface area contributed by atoms with E-state index in [1.165, 1.54) is 6.08 Å². The van der Waals surface area contributed by atoms with Crippen molar-refractivity contribution in [3.05, 3.63) is 23.8 Å². The van der Waals surface area contributed by atoms with Crippen LogP contribution in [-0.4, -0.2) is 17.7 Å². The van der Waals surface area contributed by atoms with E-state index in [2.05, 4.69) is 10.2 Å². The number of rotatable bonds is 0. The van der Waals surface area contributed by atoms with Crippen molar-refractivity contribution in [2.45, 2.75) is 6.18 Å². The Labute approximate surface area is 77.5 Å². The maximum atomic E-state index is 12.3. The van der Waals surface area contributed by atoms with Gasteiger partial charge in [-0.15, -0.1) is 5.10 Å². The molecule has 6 heteroatoms. The first-order valence-corrected chi connectivity index (χ1v) is 3.86. The number of hydrogen-bond acceptors (Lipinski definition) is 3. The van der Waals surface area contributed by atoms with E-state index in [1.54, 1.807) is 0 Å². The molecule has 0 saturated heterocycles. The summed E-state index contributed by atoms with van der Waals surface area (Å²) in [6, 6.07) is 0. The van der Waals surface area contributed by atoms with Gasteiger partial charge in [-0.2, -0.15) is 18.3 Å². The molecule has 0 amide bonds. The van der Waals surface area contributed by atoms with Gasteiger partial charge in [0, 0.05) is 0 Å². The average molecular weight is 201 g/mol. The molecule has 2 N–H and O–H groups in total. The lowest BCUT2D eigenvalue weighted by molar-refractivity contribution is -0.0885. The lowest BCUT2D eigenvalue weighted by Crippen LogP contribution is -2.28. The fourth-order valence-corrected chi connectivity index (χ4v) is 1.30. The molecule has 1 atom stereocenters. The quantitative estimate of drug-likeness (QED) is 0.632. The van der Waals surface area contributed by atoms with Crippen molar-refractivity contribution >= 4 is 11.5 Å². The summed E-state index contributed by atoms with van der Waals surface area (Å²) in [5.74, 6) is -0.511. The van der Waals surface area contributed by atoms with Gasteiger partial charge in [0.1, 0.15) is 5.84 Å². The molecule has 0 bridgehead atoms. The minimum Gasteiger partial charge on any atom is -0.385 e. The van der Waals surface area contributed by atoms with Crippen molar-refractivity contribution in [2.75, 3.05) is 0 Å². The van der Waals surface area contributed by atoms with Crippen molar-refractivity contribution in [1.29, 1.82) is 0 Å². The summed E-state index contributed by atoms with van der Waals surface area (Å²) in [6.45, 7) is 0. The maximum absolute atomic E-state index is 12.3. The van der Waals surface area contributed by atoms with E-state index >= 15 is 0 Å². The van der Waals surface area contributed by atoms with Crippen molar-refractivity contribution in [2.24, 2.45) is 21.9 Å². The first kappa shape index (κ1) is 8.98. The van der Waals surface area contributed by atoms with E-state index in [-0.39, 0.29) is 5.84 Å².